The van der Waals surface area contributed by atoms with Crippen molar-refractivity contribution in [2.24, 2.45) is 11.3 Å². The van der Waals surface area contributed by atoms with Gasteiger partial charge < -0.3 is 24.2 Å². The van der Waals surface area contributed by atoms with Gasteiger partial charge in [-0.05, 0) is 55.2 Å². The molecule has 1 unspecified atom stereocenters. The van der Waals surface area contributed by atoms with E-state index >= 15 is 0 Å². The van der Waals surface area contributed by atoms with Gasteiger partial charge >= 0.3 is 5.97 Å². The third-order valence-corrected chi connectivity index (χ3v) is 8.44. The number of aliphatic carboxylic acids is 1. The Kier molecular flexibility index (Phi) is 11.3. The third-order valence-electron chi connectivity index (χ3n) is 8.44. The van der Waals surface area contributed by atoms with Gasteiger partial charge in [-0.3, -0.25) is 14.5 Å². The van der Waals surface area contributed by atoms with Crippen LogP contribution < -0.4 is 14.2 Å². The number of hydrogen-bond donors (Lipinski definition) is 1. The van der Waals surface area contributed by atoms with Crippen LogP contribution in [0.25, 0.3) is 0 Å². The second-order valence-electron chi connectivity index (χ2n) is 12.0. The maximum Gasteiger partial charge on any atom is 0.308 e. The number of carboxylic acid groups (broad SMARTS) is 1. The Morgan fingerprint density at radius 3 is 2.36 bits per heavy atom. The first-order valence-electron chi connectivity index (χ1n) is 14.9. The number of amides is 1. The van der Waals surface area contributed by atoms with Crippen molar-refractivity contribution < 1.29 is 28.9 Å². The van der Waals surface area contributed by atoms with Crippen LogP contribution in [-0.4, -0.2) is 72.9 Å². The van der Waals surface area contributed by atoms with Gasteiger partial charge in [0.1, 0.15) is 0 Å². The lowest BCUT2D eigenvalue weighted by Gasteiger charge is -2.32. The third kappa shape index (κ3) is 7.80. The Balaban J connectivity index is 1.93. The SMILES string of the molecule is CCCCN(CCCC)C(=O)CN1C[C@H](c2cc(OC)c3c(c2)OCO3)C(C(=O)O)[C@@H]1CCC(C)(C)CCC. The van der Waals surface area contributed by atoms with Crippen LogP contribution in [0.2, 0.25) is 0 Å². The fourth-order valence-corrected chi connectivity index (χ4v) is 6.23. The lowest BCUT2D eigenvalue weighted by molar-refractivity contribution is -0.144. The molecule has 0 aromatic heterocycles. The Morgan fingerprint density at radius 2 is 1.77 bits per heavy atom. The van der Waals surface area contributed by atoms with Crippen molar-refractivity contribution in [3.8, 4) is 17.2 Å². The first-order valence-corrected chi connectivity index (χ1v) is 14.9. The second-order valence-corrected chi connectivity index (χ2v) is 12.0. The molecular weight excluding hydrogens is 496 g/mol. The van der Waals surface area contributed by atoms with Gasteiger partial charge in [-0.25, -0.2) is 0 Å². The van der Waals surface area contributed by atoms with Crippen LogP contribution in [0.4, 0.5) is 0 Å². The average Bonchev–Trinajstić information content (AvgIpc) is 3.51. The summed E-state index contributed by atoms with van der Waals surface area (Å²) in [7, 11) is 1.58. The highest BCUT2D eigenvalue weighted by Crippen LogP contribution is 2.47. The molecule has 2 aliphatic heterocycles. The van der Waals surface area contributed by atoms with E-state index in [9.17, 15) is 14.7 Å². The van der Waals surface area contributed by atoms with E-state index in [4.69, 9.17) is 14.2 Å². The molecule has 0 bridgehead atoms. The van der Waals surface area contributed by atoms with E-state index in [1.807, 2.05) is 17.0 Å². The molecule has 0 radical (unpaired) electrons. The molecule has 3 atom stereocenters. The van der Waals surface area contributed by atoms with Crippen LogP contribution in [0.1, 0.15) is 97.5 Å². The van der Waals surface area contributed by atoms with Crippen LogP contribution >= 0.6 is 0 Å². The number of hydrogen-bond acceptors (Lipinski definition) is 6. The maximum atomic E-state index is 13.6. The quantitative estimate of drug-likeness (QED) is 0.275. The van der Waals surface area contributed by atoms with E-state index in [1.54, 1.807) is 7.11 Å². The number of benzene rings is 1. The van der Waals surface area contributed by atoms with Crippen molar-refractivity contribution >= 4 is 11.9 Å². The van der Waals surface area contributed by atoms with Gasteiger partial charge in [0.05, 0.1) is 19.6 Å². The molecule has 39 heavy (non-hydrogen) atoms. The Labute approximate surface area is 235 Å². The molecule has 8 heteroatoms. The zero-order valence-corrected chi connectivity index (χ0v) is 25.0. The van der Waals surface area contributed by atoms with E-state index in [0.29, 0.717) is 23.8 Å². The monoisotopic (exact) mass is 546 g/mol. The predicted octanol–water partition coefficient (Wildman–Crippen LogP) is 5.93. The Morgan fingerprint density at radius 1 is 1.08 bits per heavy atom. The molecule has 2 heterocycles. The van der Waals surface area contributed by atoms with E-state index in [2.05, 4.69) is 39.5 Å². The van der Waals surface area contributed by atoms with Crippen LogP contribution in [0.15, 0.2) is 12.1 Å². The van der Waals surface area contributed by atoms with Gasteiger partial charge in [-0.15, -0.1) is 0 Å². The second kappa shape index (κ2) is 14.2. The molecule has 1 saturated heterocycles. The number of likely N-dealkylation sites (tertiary alicyclic amines) is 1. The number of fused-ring (bicyclic) bond motifs is 1. The van der Waals surface area contributed by atoms with Crippen LogP contribution in [0, 0.1) is 11.3 Å². The van der Waals surface area contributed by atoms with Crippen molar-refractivity contribution in [3.63, 3.8) is 0 Å². The highest BCUT2D eigenvalue weighted by molar-refractivity contribution is 5.79. The summed E-state index contributed by atoms with van der Waals surface area (Å²) in [6.45, 7) is 13.3. The van der Waals surface area contributed by atoms with Crippen molar-refractivity contribution in [1.82, 2.24) is 9.80 Å². The number of nitrogens with zero attached hydrogens (tertiary/aromatic N) is 2. The first-order chi connectivity index (χ1) is 18.6. The molecule has 1 N–H and O–H groups in total. The van der Waals surface area contributed by atoms with Crippen LogP contribution in [0.5, 0.6) is 17.2 Å². The van der Waals surface area contributed by atoms with E-state index in [0.717, 1.165) is 70.0 Å². The molecule has 2 aliphatic rings. The van der Waals surface area contributed by atoms with Gasteiger partial charge in [0.2, 0.25) is 18.4 Å². The van der Waals surface area contributed by atoms with Crippen LogP contribution in [-0.2, 0) is 9.59 Å². The van der Waals surface area contributed by atoms with Gasteiger partial charge in [0.25, 0.3) is 0 Å². The number of carbonyl (C=O) groups is 2. The largest absolute Gasteiger partial charge is 0.493 e. The summed E-state index contributed by atoms with van der Waals surface area (Å²) < 4.78 is 16.8. The molecule has 1 amide bonds. The molecule has 0 aliphatic carbocycles. The number of carboxylic acids is 1. The molecule has 0 saturated carbocycles. The number of methoxy groups -OCH3 is 1. The minimum atomic E-state index is -0.821. The summed E-state index contributed by atoms with van der Waals surface area (Å²) in [5.41, 5.74) is 0.965. The number of ether oxygens (including phenoxy) is 3. The zero-order chi connectivity index (χ0) is 28.6. The normalized spacial score (nSPS) is 20.8. The highest BCUT2D eigenvalue weighted by atomic mass is 16.7. The molecular formula is C31H50N2O6. The summed E-state index contributed by atoms with van der Waals surface area (Å²) in [5.74, 6) is 0.0243. The van der Waals surface area contributed by atoms with E-state index < -0.39 is 11.9 Å². The summed E-state index contributed by atoms with van der Waals surface area (Å²) >= 11 is 0. The zero-order valence-electron chi connectivity index (χ0n) is 25.0. The fraction of sp³-hybridized carbons (Fsp3) is 0.742. The van der Waals surface area contributed by atoms with E-state index in [1.165, 1.54) is 0 Å². The highest BCUT2D eigenvalue weighted by Gasteiger charge is 2.48. The topological polar surface area (TPSA) is 88.5 Å². The fourth-order valence-electron chi connectivity index (χ4n) is 6.23. The maximum absolute atomic E-state index is 13.6. The lowest BCUT2D eigenvalue weighted by Crippen LogP contribution is -2.45. The minimum Gasteiger partial charge on any atom is -0.493 e. The first kappa shape index (κ1) is 31.1. The van der Waals surface area contributed by atoms with Crippen molar-refractivity contribution in [3.05, 3.63) is 17.7 Å². The molecule has 8 nitrogen and oxygen atoms in total. The van der Waals surface area contributed by atoms with Crippen LogP contribution in [0.3, 0.4) is 0 Å². The standard InChI is InChI=1S/C31H50N2O6/c1-7-10-15-32(16-11-8-2)27(34)20-33-19-23(22-17-25(37-6)29-26(18-22)38-21-39-29)28(30(35)36)24(33)12-14-31(4,5)13-9-3/h17-18,23-24,28H,7-16,19-21H2,1-6H3,(H,35,36)/t23-,24+,28?/m1/s1. The lowest BCUT2D eigenvalue weighted by atomic mass is 9.78. The summed E-state index contributed by atoms with van der Waals surface area (Å²) in [4.78, 5) is 30.6. The predicted molar refractivity (Wildman–Crippen MR) is 153 cm³/mol. The molecule has 1 aromatic rings. The molecule has 1 aromatic carbocycles. The van der Waals surface area contributed by atoms with Crippen molar-refractivity contribution in [1.29, 1.82) is 0 Å². The van der Waals surface area contributed by atoms with Crippen molar-refractivity contribution in [2.45, 2.75) is 97.9 Å². The van der Waals surface area contributed by atoms with E-state index in [-0.39, 0.29) is 36.6 Å². The summed E-state index contributed by atoms with van der Waals surface area (Å²) in [6, 6.07) is 3.54. The van der Waals surface area contributed by atoms with Gasteiger partial charge in [0, 0.05) is 31.6 Å². The molecule has 1 fully saturated rings. The van der Waals surface area contributed by atoms with Gasteiger partial charge in [-0.1, -0.05) is 53.9 Å². The molecule has 220 valence electrons. The van der Waals surface area contributed by atoms with Crippen molar-refractivity contribution in [2.75, 3.05) is 40.1 Å². The van der Waals surface area contributed by atoms with Gasteiger partial charge in [0.15, 0.2) is 11.5 Å². The minimum absolute atomic E-state index is 0.0998. The van der Waals surface area contributed by atoms with Gasteiger partial charge in [-0.2, -0.15) is 0 Å². The molecule has 3 rings (SSSR count). The molecule has 0 spiro atoms. The number of rotatable bonds is 16. The smallest absolute Gasteiger partial charge is 0.308 e. The Bertz CT molecular complexity index is 957. The average molecular weight is 547 g/mol. The number of carbonyl (C=O) groups excluding carboxylic acids is 1. The number of unbranched alkanes of at least 4 members (excludes halogenated alkanes) is 2. The summed E-state index contributed by atoms with van der Waals surface area (Å²) in [5, 5.41) is 10.6. The Hall–Kier alpha value is -2.48. The summed E-state index contributed by atoms with van der Waals surface area (Å²) in [6.07, 6.45) is 7.83.